The Bertz CT molecular complexity index is 530. The van der Waals surface area contributed by atoms with Crippen molar-refractivity contribution in [1.29, 1.82) is 0 Å². The number of carbonyl (C=O) groups excluding carboxylic acids is 1. The third kappa shape index (κ3) is 1.99. The number of hydrogen-bond acceptors (Lipinski definition) is 2. The molecule has 0 saturated heterocycles. The van der Waals surface area contributed by atoms with Gasteiger partial charge in [-0.2, -0.15) is 0 Å². The van der Waals surface area contributed by atoms with E-state index in [0.29, 0.717) is 30.1 Å². The summed E-state index contributed by atoms with van der Waals surface area (Å²) < 4.78 is 0. The maximum absolute atomic E-state index is 12.5. The summed E-state index contributed by atoms with van der Waals surface area (Å²) in [5.74, 6) is 2.23. The van der Waals surface area contributed by atoms with E-state index in [-0.39, 0.29) is 16.6 Å². The van der Waals surface area contributed by atoms with Crippen molar-refractivity contribution in [1.82, 2.24) is 0 Å². The lowest BCUT2D eigenvalue weighted by Crippen LogP contribution is -2.60. The fourth-order valence-electron chi connectivity index (χ4n) is 6.20. The van der Waals surface area contributed by atoms with E-state index in [9.17, 15) is 9.90 Å². The molecule has 3 aliphatic carbocycles. The van der Waals surface area contributed by atoms with Gasteiger partial charge in [0.25, 0.3) is 0 Å². The third-order valence-electron chi connectivity index (χ3n) is 7.42. The minimum Gasteiger partial charge on any atom is -0.385 e. The van der Waals surface area contributed by atoms with Crippen LogP contribution in [0.5, 0.6) is 0 Å². The second-order valence-corrected chi connectivity index (χ2v) is 8.71. The molecular formula is C20H30O2. The Labute approximate surface area is 134 Å². The molecule has 6 unspecified atom stereocenters. The molecule has 2 saturated carbocycles. The Hall–Kier alpha value is -0.890. The number of allylic oxidation sites excluding steroid dienone is 3. The Morgan fingerprint density at radius 1 is 1.32 bits per heavy atom. The van der Waals surface area contributed by atoms with Crippen molar-refractivity contribution in [2.24, 2.45) is 34.5 Å². The Morgan fingerprint density at radius 2 is 2.00 bits per heavy atom. The molecule has 3 rings (SSSR count). The standard InChI is InChI=1S/C20H30O2/c1-6-13-7-9-15-14(12(13)2)8-10-17-19(3,4)18(22)16(21)11-20(15,17)5/h6-7,12,14-15,17-18,22H,1,8-11H2,2-5H3. The molecule has 2 nitrogen and oxygen atoms in total. The predicted octanol–water partition coefficient (Wildman–Crippen LogP) is 4.15. The van der Waals surface area contributed by atoms with Crippen molar-refractivity contribution in [2.75, 3.05) is 0 Å². The van der Waals surface area contributed by atoms with E-state index in [1.165, 1.54) is 12.0 Å². The van der Waals surface area contributed by atoms with Gasteiger partial charge in [0, 0.05) is 11.8 Å². The highest BCUT2D eigenvalue weighted by Gasteiger charge is 2.60. The summed E-state index contributed by atoms with van der Waals surface area (Å²) in [5.41, 5.74) is 1.10. The maximum atomic E-state index is 12.5. The Morgan fingerprint density at radius 3 is 2.64 bits per heavy atom. The van der Waals surface area contributed by atoms with E-state index in [0.717, 1.165) is 12.8 Å². The second kappa shape index (κ2) is 5.06. The van der Waals surface area contributed by atoms with Gasteiger partial charge in [-0.1, -0.05) is 46.4 Å². The number of Topliss-reactive ketones (excluding diaryl/α,β-unsaturated/α-hetero) is 1. The van der Waals surface area contributed by atoms with Crippen LogP contribution >= 0.6 is 0 Å². The van der Waals surface area contributed by atoms with Crippen molar-refractivity contribution in [3.8, 4) is 0 Å². The maximum Gasteiger partial charge on any atom is 0.162 e. The van der Waals surface area contributed by atoms with E-state index in [1.807, 2.05) is 6.08 Å². The molecule has 2 heteroatoms. The molecule has 0 radical (unpaired) electrons. The molecule has 0 aromatic carbocycles. The lowest BCUT2D eigenvalue weighted by molar-refractivity contribution is -0.173. The average Bonchev–Trinajstić information content (AvgIpc) is 2.46. The SMILES string of the molecule is C=CC1=CCC2C(CCC3C(C)(C)C(O)C(=O)CC23C)C1C. The van der Waals surface area contributed by atoms with Gasteiger partial charge in [-0.25, -0.2) is 0 Å². The minimum absolute atomic E-state index is 0.0280. The summed E-state index contributed by atoms with van der Waals surface area (Å²) in [4.78, 5) is 12.5. The molecule has 3 aliphatic rings. The van der Waals surface area contributed by atoms with Gasteiger partial charge in [0.15, 0.2) is 5.78 Å². The van der Waals surface area contributed by atoms with Crippen LogP contribution in [-0.4, -0.2) is 17.0 Å². The molecule has 0 bridgehead atoms. The zero-order valence-electron chi connectivity index (χ0n) is 14.4. The van der Waals surface area contributed by atoms with Gasteiger partial charge < -0.3 is 5.11 Å². The van der Waals surface area contributed by atoms with E-state index >= 15 is 0 Å². The molecule has 0 aromatic rings. The molecule has 0 spiro atoms. The first-order chi connectivity index (χ1) is 10.2. The largest absolute Gasteiger partial charge is 0.385 e. The topological polar surface area (TPSA) is 37.3 Å². The van der Waals surface area contributed by atoms with Crippen LogP contribution < -0.4 is 0 Å². The van der Waals surface area contributed by atoms with E-state index in [2.05, 4.69) is 40.3 Å². The number of aliphatic hydroxyl groups is 1. The van der Waals surface area contributed by atoms with Crippen LogP contribution in [0.4, 0.5) is 0 Å². The number of rotatable bonds is 1. The van der Waals surface area contributed by atoms with Crippen molar-refractivity contribution in [3.63, 3.8) is 0 Å². The highest BCUT2D eigenvalue weighted by Crippen LogP contribution is 2.63. The van der Waals surface area contributed by atoms with Crippen molar-refractivity contribution in [2.45, 2.75) is 59.5 Å². The molecule has 2 fully saturated rings. The fourth-order valence-corrected chi connectivity index (χ4v) is 6.20. The monoisotopic (exact) mass is 302 g/mol. The molecule has 0 aliphatic heterocycles. The number of fused-ring (bicyclic) bond motifs is 3. The molecular weight excluding hydrogens is 272 g/mol. The normalized spacial score (nSPS) is 47.2. The van der Waals surface area contributed by atoms with Gasteiger partial charge >= 0.3 is 0 Å². The zero-order valence-corrected chi connectivity index (χ0v) is 14.4. The quantitative estimate of drug-likeness (QED) is 0.790. The van der Waals surface area contributed by atoms with Crippen LogP contribution in [0, 0.1) is 34.5 Å². The molecule has 122 valence electrons. The fraction of sp³-hybridized carbons (Fsp3) is 0.750. The van der Waals surface area contributed by atoms with Crippen molar-refractivity contribution in [3.05, 3.63) is 24.3 Å². The number of ketones is 1. The van der Waals surface area contributed by atoms with Crippen LogP contribution in [-0.2, 0) is 4.79 Å². The van der Waals surface area contributed by atoms with E-state index in [4.69, 9.17) is 0 Å². The van der Waals surface area contributed by atoms with Crippen molar-refractivity contribution < 1.29 is 9.90 Å². The van der Waals surface area contributed by atoms with Crippen molar-refractivity contribution >= 4 is 5.78 Å². The van der Waals surface area contributed by atoms with Gasteiger partial charge in [0.1, 0.15) is 6.10 Å². The second-order valence-electron chi connectivity index (χ2n) is 8.71. The molecule has 0 amide bonds. The molecule has 0 aromatic heterocycles. The third-order valence-corrected chi connectivity index (χ3v) is 7.42. The lowest BCUT2D eigenvalue weighted by Gasteiger charge is -2.61. The first-order valence-corrected chi connectivity index (χ1v) is 8.76. The summed E-state index contributed by atoms with van der Waals surface area (Å²) in [5, 5.41) is 10.4. The first kappa shape index (κ1) is 16.0. The summed E-state index contributed by atoms with van der Waals surface area (Å²) >= 11 is 0. The molecule has 6 atom stereocenters. The molecule has 22 heavy (non-hydrogen) atoms. The van der Waals surface area contributed by atoms with Gasteiger partial charge in [-0.05, 0) is 53.9 Å². The first-order valence-electron chi connectivity index (χ1n) is 8.76. The van der Waals surface area contributed by atoms with Gasteiger partial charge in [-0.3, -0.25) is 4.79 Å². The summed E-state index contributed by atoms with van der Waals surface area (Å²) in [6.07, 6.45) is 7.51. The summed E-state index contributed by atoms with van der Waals surface area (Å²) in [6.45, 7) is 12.8. The number of hydrogen-bond donors (Lipinski definition) is 1. The molecule has 1 N–H and O–H groups in total. The summed E-state index contributed by atoms with van der Waals surface area (Å²) in [7, 11) is 0. The number of carbonyl (C=O) groups is 1. The molecule has 0 heterocycles. The van der Waals surface area contributed by atoms with Crippen LogP contribution in [0.15, 0.2) is 24.3 Å². The van der Waals surface area contributed by atoms with Gasteiger partial charge in [0.05, 0.1) is 0 Å². The van der Waals surface area contributed by atoms with Crippen LogP contribution in [0.1, 0.15) is 53.4 Å². The number of aliphatic hydroxyl groups excluding tert-OH is 1. The van der Waals surface area contributed by atoms with Crippen LogP contribution in [0.25, 0.3) is 0 Å². The predicted molar refractivity (Wildman–Crippen MR) is 89.3 cm³/mol. The minimum atomic E-state index is -0.789. The zero-order chi connectivity index (χ0) is 16.3. The van der Waals surface area contributed by atoms with E-state index in [1.54, 1.807) is 0 Å². The van der Waals surface area contributed by atoms with Gasteiger partial charge in [0.2, 0.25) is 0 Å². The van der Waals surface area contributed by atoms with Crippen LogP contribution in [0.2, 0.25) is 0 Å². The smallest absolute Gasteiger partial charge is 0.162 e. The Balaban J connectivity index is 2.01. The highest BCUT2D eigenvalue weighted by molar-refractivity contribution is 5.85. The van der Waals surface area contributed by atoms with E-state index < -0.39 is 6.10 Å². The Kier molecular flexibility index (Phi) is 3.67. The lowest BCUT2D eigenvalue weighted by atomic mass is 9.43. The summed E-state index contributed by atoms with van der Waals surface area (Å²) in [6, 6.07) is 0. The van der Waals surface area contributed by atoms with Crippen LogP contribution in [0.3, 0.4) is 0 Å². The average molecular weight is 302 g/mol. The van der Waals surface area contributed by atoms with Gasteiger partial charge in [-0.15, -0.1) is 0 Å². The highest BCUT2D eigenvalue weighted by atomic mass is 16.3.